The monoisotopic (exact) mass is 723 g/mol. The Labute approximate surface area is 285 Å². The molecule has 0 saturated heterocycles. The van der Waals surface area contributed by atoms with Crippen LogP contribution < -0.4 is 9.62 Å². The normalized spacial score (nSPS) is 12.7. The van der Waals surface area contributed by atoms with Crippen LogP contribution in [0.5, 0.6) is 0 Å². The minimum absolute atomic E-state index is 0.0417. The van der Waals surface area contributed by atoms with E-state index in [2.05, 4.69) is 21.2 Å². The Morgan fingerprint density at radius 2 is 1.52 bits per heavy atom. The second-order valence-corrected chi connectivity index (χ2v) is 14.6. The molecule has 4 rings (SSSR count). The molecule has 0 aromatic heterocycles. The average molecular weight is 725 g/mol. The number of aryl methyl sites for hydroxylation is 1. The van der Waals surface area contributed by atoms with Crippen molar-refractivity contribution in [3.05, 3.63) is 129 Å². The molecule has 7 nitrogen and oxygen atoms in total. The molecule has 2 amide bonds. The van der Waals surface area contributed by atoms with Gasteiger partial charge in [-0.15, -0.1) is 0 Å². The number of sulfonamides is 1. The number of anilines is 1. The van der Waals surface area contributed by atoms with Gasteiger partial charge in [0.15, 0.2) is 0 Å². The fraction of sp³-hybridized carbons (Fsp3) is 0.278. The van der Waals surface area contributed by atoms with E-state index in [0.29, 0.717) is 17.0 Å². The van der Waals surface area contributed by atoms with Gasteiger partial charge in [0.05, 0.1) is 10.6 Å². The summed E-state index contributed by atoms with van der Waals surface area (Å²) < 4.78 is 30.5. The molecule has 4 aromatic rings. The summed E-state index contributed by atoms with van der Waals surface area (Å²) in [7, 11) is -4.22. The van der Waals surface area contributed by atoms with Crippen LogP contribution in [0.25, 0.3) is 0 Å². The van der Waals surface area contributed by atoms with Crippen LogP contribution in [-0.2, 0) is 32.6 Å². The Hall–Kier alpha value is -3.66. The van der Waals surface area contributed by atoms with Gasteiger partial charge in [-0.1, -0.05) is 101 Å². The first-order valence-electron chi connectivity index (χ1n) is 15.1. The molecule has 4 aromatic carbocycles. The summed E-state index contributed by atoms with van der Waals surface area (Å²) in [5.41, 5.74) is 3.36. The first kappa shape index (κ1) is 35.2. The number of nitrogens with zero attached hydrogens (tertiary/aromatic N) is 2. The number of carbonyl (C=O) groups is 2. The van der Waals surface area contributed by atoms with E-state index >= 15 is 0 Å². The maximum atomic E-state index is 14.6. The van der Waals surface area contributed by atoms with Crippen molar-refractivity contribution in [3.8, 4) is 0 Å². The van der Waals surface area contributed by atoms with Gasteiger partial charge in [-0.3, -0.25) is 13.9 Å². The maximum absolute atomic E-state index is 14.6. The largest absolute Gasteiger partial charge is 0.352 e. The fourth-order valence-electron chi connectivity index (χ4n) is 5.00. The molecule has 46 heavy (non-hydrogen) atoms. The lowest BCUT2D eigenvalue weighted by Crippen LogP contribution is -2.54. The molecule has 0 aliphatic rings. The van der Waals surface area contributed by atoms with E-state index in [1.54, 1.807) is 37.3 Å². The van der Waals surface area contributed by atoms with Crippen molar-refractivity contribution in [2.75, 3.05) is 10.8 Å². The second kappa shape index (κ2) is 15.8. The Kier molecular flexibility index (Phi) is 12.1. The van der Waals surface area contributed by atoms with E-state index < -0.39 is 28.5 Å². The smallest absolute Gasteiger partial charge is 0.264 e. The Morgan fingerprint density at radius 3 is 2.15 bits per heavy atom. The summed E-state index contributed by atoms with van der Waals surface area (Å²) in [5.74, 6) is -0.839. The van der Waals surface area contributed by atoms with Crippen LogP contribution in [0.3, 0.4) is 0 Å². The lowest BCUT2D eigenvalue weighted by molar-refractivity contribution is -0.140. The van der Waals surface area contributed by atoms with Gasteiger partial charge in [0, 0.05) is 28.5 Å². The van der Waals surface area contributed by atoms with E-state index in [1.807, 2.05) is 75.4 Å². The van der Waals surface area contributed by atoms with Crippen LogP contribution >= 0.6 is 27.5 Å². The maximum Gasteiger partial charge on any atom is 0.264 e. The molecule has 0 fully saturated rings. The lowest BCUT2D eigenvalue weighted by Gasteiger charge is -2.34. The summed E-state index contributed by atoms with van der Waals surface area (Å²) in [5, 5.41) is 3.42. The van der Waals surface area contributed by atoms with Gasteiger partial charge in [0.1, 0.15) is 12.6 Å². The molecular formula is C36H39BrClN3O4S. The van der Waals surface area contributed by atoms with Crippen LogP contribution in [0.4, 0.5) is 5.69 Å². The molecule has 242 valence electrons. The third-order valence-corrected chi connectivity index (χ3v) is 10.6. The van der Waals surface area contributed by atoms with Crippen molar-refractivity contribution in [1.82, 2.24) is 10.2 Å². The molecule has 1 N–H and O–H groups in total. The third kappa shape index (κ3) is 8.78. The first-order chi connectivity index (χ1) is 21.9. The summed E-state index contributed by atoms with van der Waals surface area (Å²) in [6, 6.07) is 27.4. The predicted molar refractivity (Wildman–Crippen MR) is 188 cm³/mol. The van der Waals surface area contributed by atoms with Crippen LogP contribution in [0, 0.1) is 13.8 Å². The number of carbonyl (C=O) groups excluding carboxylic acids is 2. The Balaban J connectivity index is 1.83. The van der Waals surface area contributed by atoms with Crippen molar-refractivity contribution in [2.45, 2.75) is 64.1 Å². The highest BCUT2D eigenvalue weighted by atomic mass is 79.9. The SMILES string of the molecule is CC[C@H](C)NC(=O)[C@@H](Cc1ccccc1)N(Cc1ccc(Br)cc1)C(=O)CN(c1cccc(Cl)c1C)S(=O)(=O)c1ccc(C)cc1. The number of amides is 2. The molecule has 0 spiro atoms. The van der Waals surface area contributed by atoms with Crippen molar-refractivity contribution < 1.29 is 18.0 Å². The summed E-state index contributed by atoms with van der Waals surface area (Å²) in [4.78, 5) is 30.1. The molecular weight excluding hydrogens is 686 g/mol. The minimum Gasteiger partial charge on any atom is -0.352 e. The zero-order chi connectivity index (χ0) is 33.4. The lowest BCUT2D eigenvalue weighted by atomic mass is 10.0. The van der Waals surface area contributed by atoms with Crippen LogP contribution in [0.2, 0.25) is 5.02 Å². The minimum atomic E-state index is -4.22. The number of benzene rings is 4. The molecule has 0 bridgehead atoms. The number of hydrogen-bond donors (Lipinski definition) is 1. The molecule has 0 heterocycles. The van der Waals surface area contributed by atoms with E-state index in [0.717, 1.165) is 25.5 Å². The zero-order valence-corrected chi connectivity index (χ0v) is 29.6. The Morgan fingerprint density at radius 1 is 0.870 bits per heavy atom. The van der Waals surface area contributed by atoms with Crippen LogP contribution in [-0.4, -0.2) is 43.8 Å². The van der Waals surface area contributed by atoms with Crippen molar-refractivity contribution in [1.29, 1.82) is 0 Å². The van der Waals surface area contributed by atoms with E-state index in [4.69, 9.17) is 11.6 Å². The second-order valence-electron chi connectivity index (χ2n) is 11.4. The first-order valence-corrected chi connectivity index (χ1v) is 17.7. The van der Waals surface area contributed by atoms with E-state index in [1.165, 1.54) is 17.0 Å². The fourth-order valence-corrected chi connectivity index (χ4v) is 6.90. The van der Waals surface area contributed by atoms with Gasteiger partial charge in [-0.2, -0.15) is 0 Å². The predicted octanol–water partition coefficient (Wildman–Crippen LogP) is 7.47. The standard InChI is InChI=1S/C36H39BrClN3O4S/c1-5-26(3)39-36(43)34(22-28-10-7-6-8-11-28)40(23-29-16-18-30(37)19-17-29)35(42)24-41(33-13-9-12-32(38)27(33)4)46(44,45)31-20-14-25(2)15-21-31/h6-21,26,34H,5,22-24H2,1-4H3,(H,39,43)/t26-,34+/m0/s1. The van der Waals surface area contributed by atoms with Gasteiger partial charge in [0.2, 0.25) is 11.8 Å². The number of halogens is 2. The van der Waals surface area contributed by atoms with Gasteiger partial charge >= 0.3 is 0 Å². The summed E-state index contributed by atoms with van der Waals surface area (Å²) in [6.45, 7) is 7.02. The van der Waals surface area contributed by atoms with Gasteiger partial charge < -0.3 is 10.2 Å². The van der Waals surface area contributed by atoms with E-state index in [9.17, 15) is 18.0 Å². The van der Waals surface area contributed by atoms with Gasteiger partial charge in [-0.05, 0) is 80.3 Å². The van der Waals surface area contributed by atoms with Crippen molar-refractivity contribution >= 4 is 55.1 Å². The number of nitrogens with one attached hydrogen (secondary N) is 1. The molecule has 0 saturated carbocycles. The molecule has 0 unspecified atom stereocenters. The van der Waals surface area contributed by atoms with Crippen LogP contribution in [0.15, 0.2) is 106 Å². The molecule has 10 heteroatoms. The molecule has 0 aliphatic carbocycles. The average Bonchev–Trinajstić information content (AvgIpc) is 3.04. The van der Waals surface area contributed by atoms with Crippen molar-refractivity contribution in [2.24, 2.45) is 0 Å². The van der Waals surface area contributed by atoms with Gasteiger partial charge in [0.25, 0.3) is 10.0 Å². The van der Waals surface area contributed by atoms with Crippen LogP contribution in [0.1, 0.15) is 42.5 Å². The van der Waals surface area contributed by atoms with E-state index in [-0.39, 0.29) is 35.5 Å². The third-order valence-electron chi connectivity index (χ3n) is 7.93. The van der Waals surface area contributed by atoms with Gasteiger partial charge in [-0.25, -0.2) is 8.42 Å². The highest BCUT2D eigenvalue weighted by molar-refractivity contribution is 9.10. The van der Waals surface area contributed by atoms with Crippen molar-refractivity contribution in [3.63, 3.8) is 0 Å². The molecule has 0 aliphatic heterocycles. The summed E-state index contributed by atoms with van der Waals surface area (Å²) in [6.07, 6.45) is 0.952. The molecule has 0 radical (unpaired) electrons. The number of hydrogen-bond acceptors (Lipinski definition) is 4. The Bertz CT molecular complexity index is 1750. The highest BCUT2D eigenvalue weighted by Gasteiger charge is 2.35. The quantitative estimate of drug-likeness (QED) is 0.155. The molecule has 2 atom stereocenters. The zero-order valence-electron chi connectivity index (χ0n) is 26.4. The highest BCUT2D eigenvalue weighted by Crippen LogP contribution is 2.31. The number of rotatable bonds is 13. The topological polar surface area (TPSA) is 86.8 Å². The summed E-state index contributed by atoms with van der Waals surface area (Å²) >= 11 is 9.93.